The van der Waals surface area contributed by atoms with Crippen molar-refractivity contribution in [3.63, 3.8) is 0 Å². The molecule has 1 saturated heterocycles. The van der Waals surface area contributed by atoms with Gasteiger partial charge in [0.05, 0.1) is 26.2 Å². The van der Waals surface area contributed by atoms with E-state index in [2.05, 4.69) is 14.0 Å². The maximum atomic E-state index is 2.47. The lowest BCUT2D eigenvalue weighted by Crippen LogP contribution is -3.00. The molecule has 0 amide bonds. The molecule has 2 heteroatoms. The fourth-order valence-corrected chi connectivity index (χ4v) is 3.30. The number of quaternary nitrogens is 1. The Morgan fingerprint density at radius 2 is 2.08 bits per heavy atom. The van der Waals surface area contributed by atoms with Crippen molar-refractivity contribution in [3.05, 3.63) is 0 Å². The average molecular weight is 281 g/mol. The number of hydrogen-bond donors (Lipinski definition) is 0. The summed E-state index contributed by atoms with van der Waals surface area (Å²) < 4.78 is 1.40. The minimum Gasteiger partial charge on any atom is -1.00 e. The molecule has 1 saturated carbocycles. The Hall–Kier alpha value is 0.690. The molecule has 1 aliphatic carbocycles. The molecule has 1 nitrogen and oxygen atoms in total. The average Bonchev–Trinajstić information content (AvgIpc) is 2.45. The molecule has 0 aromatic heterocycles. The second-order valence-electron chi connectivity index (χ2n) is 4.72. The highest BCUT2D eigenvalue weighted by molar-refractivity contribution is 4.83. The number of halogens is 1. The molecule has 0 N–H and O–H groups in total. The summed E-state index contributed by atoms with van der Waals surface area (Å²) in [7, 11) is 2.47. The summed E-state index contributed by atoms with van der Waals surface area (Å²) in [6.07, 6.45) is 5.94. The van der Waals surface area contributed by atoms with Crippen LogP contribution in [-0.2, 0) is 0 Å². The fourth-order valence-electron chi connectivity index (χ4n) is 3.30. The maximum Gasteiger partial charge on any atom is 0.0893 e. The van der Waals surface area contributed by atoms with Crippen LogP contribution < -0.4 is 24.0 Å². The van der Waals surface area contributed by atoms with Gasteiger partial charge in [0.1, 0.15) is 0 Å². The minimum absolute atomic E-state index is 0. The van der Waals surface area contributed by atoms with Crippen LogP contribution in [0.2, 0.25) is 0 Å². The number of fused-ring (bicyclic) bond motifs is 2. The second-order valence-corrected chi connectivity index (χ2v) is 4.72. The van der Waals surface area contributed by atoms with Crippen molar-refractivity contribution in [1.82, 2.24) is 0 Å². The van der Waals surface area contributed by atoms with Gasteiger partial charge in [-0.1, -0.05) is 6.92 Å². The lowest BCUT2D eigenvalue weighted by Gasteiger charge is -2.38. The van der Waals surface area contributed by atoms with Gasteiger partial charge in [-0.2, -0.15) is 0 Å². The summed E-state index contributed by atoms with van der Waals surface area (Å²) in [5.41, 5.74) is 0. The zero-order chi connectivity index (χ0) is 7.90. The Kier molecular flexibility index (Phi) is 3.43. The van der Waals surface area contributed by atoms with E-state index < -0.39 is 0 Å². The normalized spacial score (nSPS) is 44.5. The van der Waals surface area contributed by atoms with Gasteiger partial charge in [0.2, 0.25) is 0 Å². The molecule has 0 radical (unpaired) electrons. The molecule has 3 atom stereocenters. The van der Waals surface area contributed by atoms with Gasteiger partial charge in [0.25, 0.3) is 0 Å². The summed E-state index contributed by atoms with van der Waals surface area (Å²) >= 11 is 0. The number of hydrogen-bond acceptors (Lipinski definition) is 0. The standard InChI is InChI=1S/C10H20N.HI/c1-3-6-11(2)8-9-4-5-10(11)7-9;/h9-10H,3-8H2,1-2H3;1H/q+1;/p-1/t9?,10-,11?;/m0./s1. The van der Waals surface area contributed by atoms with Crippen LogP contribution in [0.5, 0.6) is 0 Å². The van der Waals surface area contributed by atoms with Crippen LogP contribution in [0.15, 0.2) is 0 Å². The largest absolute Gasteiger partial charge is 1.00 e. The van der Waals surface area contributed by atoms with Gasteiger partial charge in [-0.25, -0.2) is 0 Å². The van der Waals surface area contributed by atoms with E-state index in [4.69, 9.17) is 0 Å². The molecular weight excluding hydrogens is 261 g/mol. The zero-order valence-corrected chi connectivity index (χ0v) is 10.4. The van der Waals surface area contributed by atoms with Crippen LogP contribution in [0.4, 0.5) is 0 Å². The highest BCUT2D eigenvalue weighted by Crippen LogP contribution is 2.41. The van der Waals surface area contributed by atoms with Crippen LogP contribution >= 0.6 is 0 Å². The molecule has 1 aliphatic heterocycles. The topological polar surface area (TPSA) is 0 Å². The van der Waals surface area contributed by atoms with Crippen molar-refractivity contribution >= 4 is 0 Å². The first-order valence-corrected chi connectivity index (χ1v) is 5.09. The lowest BCUT2D eigenvalue weighted by atomic mass is 10.1. The molecule has 0 aromatic rings. The van der Waals surface area contributed by atoms with Crippen LogP contribution in [-0.4, -0.2) is 30.7 Å². The van der Waals surface area contributed by atoms with Crippen molar-refractivity contribution in [2.45, 2.75) is 38.6 Å². The first kappa shape index (κ1) is 10.8. The van der Waals surface area contributed by atoms with Crippen molar-refractivity contribution in [2.75, 3.05) is 20.1 Å². The molecule has 12 heavy (non-hydrogen) atoms. The van der Waals surface area contributed by atoms with E-state index >= 15 is 0 Å². The molecule has 0 aromatic carbocycles. The van der Waals surface area contributed by atoms with E-state index in [1.54, 1.807) is 0 Å². The Morgan fingerprint density at radius 3 is 2.50 bits per heavy atom. The quantitative estimate of drug-likeness (QED) is 0.451. The molecule has 72 valence electrons. The molecule has 2 rings (SSSR count). The van der Waals surface area contributed by atoms with Gasteiger partial charge in [0, 0.05) is 12.3 Å². The van der Waals surface area contributed by atoms with Gasteiger partial charge in [-0.15, -0.1) is 0 Å². The van der Waals surface area contributed by atoms with Crippen molar-refractivity contribution in [3.8, 4) is 0 Å². The van der Waals surface area contributed by atoms with Gasteiger partial charge in [-0.3, -0.25) is 0 Å². The molecule has 2 fully saturated rings. The lowest BCUT2D eigenvalue weighted by molar-refractivity contribution is -0.925. The second kappa shape index (κ2) is 3.82. The highest BCUT2D eigenvalue weighted by atomic mass is 127. The number of rotatable bonds is 2. The van der Waals surface area contributed by atoms with E-state index in [0.29, 0.717) is 0 Å². The van der Waals surface area contributed by atoms with Gasteiger partial charge in [-0.05, 0) is 19.3 Å². The minimum atomic E-state index is 0. The van der Waals surface area contributed by atoms with Crippen LogP contribution in [0, 0.1) is 5.92 Å². The van der Waals surface area contributed by atoms with E-state index in [1.165, 1.54) is 43.3 Å². The van der Waals surface area contributed by atoms with Crippen molar-refractivity contribution < 1.29 is 28.5 Å². The predicted molar refractivity (Wildman–Crippen MR) is 47.3 cm³/mol. The smallest absolute Gasteiger partial charge is 0.0893 e. The van der Waals surface area contributed by atoms with E-state index in [9.17, 15) is 0 Å². The van der Waals surface area contributed by atoms with Crippen molar-refractivity contribution in [1.29, 1.82) is 0 Å². The Balaban J connectivity index is 0.000000720. The zero-order valence-electron chi connectivity index (χ0n) is 8.22. The molecular formula is C10H20IN. The highest BCUT2D eigenvalue weighted by Gasteiger charge is 2.47. The fraction of sp³-hybridized carbons (Fsp3) is 1.00. The van der Waals surface area contributed by atoms with Crippen LogP contribution in [0.1, 0.15) is 32.6 Å². The number of piperidine rings is 1. The van der Waals surface area contributed by atoms with Crippen LogP contribution in [0.3, 0.4) is 0 Å². The maximum absolute atomic E-state index is 2.47. The third-order valence-corrected chi connectivity index (χ3v) is 3.80. The van der Waals surface area contributed by atoms with Gasteiger partial charge < -0.3 is 28.5 Å². The summed E-state index contributed by atoms with van der Waals surface area (Å²) in [6.45, 7) is 5.22. The monoisotopic (exact) mass is 281 g/mol. The van der Waals surface area contributed by atoms with E-state index in [1.807, 2.05) is 0 Å². The van der Waals surface area contributed by atoms with E-state index in [0.717, 1.165) is 12.0 Å². The Bertz CT molecular complexity index is 160. The van der Waals surface area contributed by atoms with Gasteiger partial charge in [0.15, 0.2) is 0 Å². The Morgan fingerprint density at radius 1 is 1.33 bits per heavy atom. The van der Waals surface area contributed by atoms with E-state index in [-0.39, 0.29) is 24.0 Å². The number of nitrogens with zero attached hydrogens (tertiary/aromatic N) is 1. The third-order valence-electron chi connectivity index (χ3n) is 3.80. The molecule has 2 unspecified atom stereocenters. The van der Waals surface area contributed by atoms with Crippen LogP contribution in [0.25, 0.3) is 0 Å². The SMILES string of the molecule is CCC[N+]1(C)CC2CC[C@H]1C2.[I-]. The third kappa shape index (κ3) is 1.65. The number of likely N-dealkylation sites (tertiary alicyclic amines) is 1. The summed E-state index contributed by atoms with van der Waals surface area (Å²) in [6, 6.07) is 1.04. The Labute approximate surface area is 93.1 Å². The summed E-state index contributed by atoms with van der Waals surface area (Å²) in [4.78, 5) is 0. The summed E-state index contributed by atoms with van der Waals surface area (Å²) in [5, 5.41) is 0. The van der Waals surface area contributed by atoms with Gasteiger partial charge >= 0.3 is 0 Å². The first-order valence-electron chi connectivity index (χ1n) is 5.09. The molecule has 2 bridgehead atoms. The molecule has 0 spiro atoms. The van der Waals surface area contributed by atoms with Crippen molar-refractivity contribution in [2.24, 2.45) is 5.92 Å². The summed E-state index contributed by atoms with van der Waals surface area (Å²) in [5.74, 6) is 1.09. The predicted octanol–water partition coefficient (Wildman–Crippen LogP) is -0.971. The molecule has 2 aliphatic rings. The molecule has 1 heterocycles. The first-order chi connectivity index (χ1) is 5.24.